The molecule has 5 rings (SSSR count). The number of hydrogen-bond acceptors (Lipinski definition) is 7. The van der Waals surface area contributed by atoms with Gasteiger partial charge in [0, 0.05) is 82.3 Å². The average Bonchev–Trinajstić information content (AvgIpc) is 3.34. The lowest BCUT2D eigenvalue weighted by atomic mass is 9.96. The van der Waals surface area contributed by atoms with E-state index in [0.717, 1.165) is 75.3 Å². The van der Waals surface area contributed by atoms with Gasteiger partial charge in [-0.05, 0) is 58.1 Å². The van der Waals surface area contributed by atoms with Crippen LogP contribution in [0, 0.1) is 5.92 Å². The van der Waals surface area contributed by atoms with Crippen LogP contribution in [0.15, 0.2) is 28.7 Å². The van der Waals surface area contributed by atoms with E-state index in [9.17, 15) is 4.79 Å². The molecule has 0 aliphatic carbocycles. The molecule has 0 N–H and O–H groups in total. The summed E-state index contributed by atoms with van der Waals surface area (Å²) in [6.45, 7) is 10.9. The predicted octanol–water partition coefficient (Wildman–Crippen LogP) is 3.17. The van der Waals surface area contributed by atoms with Crippen molar-refractivity contribution in [2.24, 2.45) is 5.92 Å². The monoisotopic (exact) mass is 528 g/mol. The molecule has 0 unspecified atom stereocenters. The zero-order valence-corrected chi connectivity index (χ0v) is 23.1. The van der Waals surface area contributed by atoms with Gasteiger partial charge < -0.3 is 24.0 Å². The summed E-state index contributed by atoms with van der Waals surface area (Å²) < 4.78 is 6.30. The zero-order chi connectivity index (χ0) is 25.8. The van der Waals surface area contributed by atoms with Crippen molar-refractivity contribution in [2.75, 3.05) is 91.0 Å². The first kappa shape index (κ1) is 26.5. The summed E-state index contributed by atoms with van der Waals surface area (Å²) in [5.74, 6) is 1.79. The van der Waals surface area contributed by atoms with E-state index in [2.05, 4.69) is 33.7 Å². The third-order valence-electron chi connectivity index (χ3n) is 8.22. The Kier molecular flexibility index (Phi) is 8.70. The highest BCUT2D eigenvalue weighted by atomic mass is 35.5. The van der Waals surface area contributed by atoms with E-state index in [1.807, 2.05) is 29.2 Å². The number of aryl methyl sites for hydroxylation is 1. The normalized spacial score (nSPS) is 21.1. The Morgan fingerprint density at radius 2 is 1.57 bits per heavy atom. The minimum Gasteiger partial charge on any atom is -0.428 e. The third kappa shape index (κ3) is 6.85. The Labute approximate surface area is 226 Å². The van der Waals surface area contributed by atoms with Gasteiger partial charge >= 0.3 is 0 Å². The number of rotatable bonds is 7. The third-order valence-corrected chi connectivity index (χ3v) is 8.47. The molecule has 3 saturated heterocycles. The largest absolute Gasteiger partial charge is 0.428 e. The van der Waals surface area contributed by atoms with Gasteiger partial charge in [-0.3, -0.25) is 9.69 Å². The molecule has 0 spiro atoms. The van der Waals surface area contributed by atoms with Crippen molar-refractivity contribution in [3.63, 3.8) is 0 Å². The Hall–Kier alpha value is -2.13. The van der Waals surface area contributed by atoms with Crippen LogP contribution in [-0.4, -0.2) is 117 Å². The molecule has 0 saturated carbocycles. The average molecular weight is 529 g/mol. The Morgan fingerprint density at radius 1 is 0.919 bits per heavy atom. The number of halogens is 1. The van der Waals surface area contributed by atoms with Gasteiger partial charge in [-0.15, -0.1) is 0 Å². The van der Waals surface area contributed by atoms with Gasteiger partial charge in [0.2, 0.25) is 5.91 Å². The van der Waals surface area contributed by atoms with E-state index in [1.165, 1.54) is 32.5 Å². The number of oxazole rings is 1. The Bertz CT molecular complexity index is 1020. The molecular formula is C28H41ClN6O2. The molecule has 9 heteroatoms. The Balaban J connectivity index is 1.18. The van der Waals surface area contributed by atoms with Crippen molar-refractivity contribution in [1.82, 2.24) is 24.6 Å². The van der Waals surface area contributed by atoms with Crippen LogP contribution in [0.4, 0.5) is 6.01 Å². The number of piperazine rings is 2. The fourth-order valence-corrected chi connectivity index (χ4v) is 5.77. The maximum Gasteiger partial charge on any atom is 0.298 e. The molecule has 4 heterocycles. The number of hydrogen-bond donors (Lipinski definition) is 0. The van der Waals surface area contributed by atoms with Crippen molar-refractivity contribution < 1.29 is 9.21 Å². The summed E-state index contributed by atoms with van der Waals surface area (Å²) in [4.78, 5) is 29.6. The number of piperidine rings is 1. The number of nitrogens with zero attached hydrogens (tertiary/aromatic N) is 6. The van der Waals surface area contributed by atoms with Crippen LogP contribution in [0.25, 0.3) is 11.3 Å². The number of likely N-dealkylation sites (tertiary alicyclic amines) is 1. The van der Waals surface area contributed by atoms with Crippen molar-refractivity contribution >= 4 is 23.5 Å². The molecular weight excluding hydrogens is 488 g/mol. The minimum atomic E-state index is 0.207. The summed E-state index contributed by atoms with van der Waals surface area (Å²) >= 11 is 6.13. The van der Waals surface area contributed by atoms with E-state index in [1.54, 1.807) is 0 Å². The number of carbonyl (C=O) groups excluding carboxylic acids is 1. The van der Waals surface area contributed by atoms with Gasteiger partial charge in [-0.25, -0.2) is 0 Å². The van der Waals surface area contributed by atoms with Crippen LogP contribution in [0.1, 0.15) is 25.0 Å². The number of benzene rings is 1. The molecule has 37 heavy (non-hydrogen) atoms. The van der Waals surface area contributed by atoms with Gasteiger partial charge in [-0.1, -0.05) is 23.7 Å². The smallest absolute Gasteiger partial charge is 0.298 e. The second-order valence-corrected chi connectivity index (χ2v) is 11.4. The zero-order valence-electron chi connectivity index (χ0n) is 22.4. The summed E-state index contributed by atoms with van der Waals surface area (Å²) in [5.41, 5.74) is 1.79. The first-order valence-electron chi connectivity index (χ1n) is 13.8. The fourth-order valence-electron chi connectivity index (χ4n) is 5.64. The molecule has 1 aromatic carbocycles. The van der Waals surface area contributed by atoms with Gasteiger partial charge in [0.15, 0.2) is 0 Å². The van der Waals surface area contributed by atoms with Gasteiger partial charge in [0.25, 0.3) is 6.01 Å². The van der Waals surface area contributed by atoms with Crippen LogP contribution in [0.2, 0.25) is 5.02 Å². The number of likely N-dealkylation sites (N-methyl/N-ethyl adjacent to an activating group) is 1. The molecule has 8 nitrogen and oxygen atoms in total. The standard InChI is InChI=1S/C28H41ClN6O2/c1-31-11-9-22(10-12-31)21-33-15-19-34(20-16-33)26(36)8-7-25-27(23-3-5-24(29)6-4-23)30-28(37-25)35-17-13-32(2)14-18-35/h3-6,22H,7-21H2,1-2H3. The summed E-state index contributed by atoms with van der Waals surface area (Å²) in [6.07, 6.45) is 3.57. The molecule has 0 bridgehead atoms. The molecule has 1 amide bonds. The lowest BCUT2D eigenvalue weighted by molar-refractivity contribution is -0.133. The quantitative estimate of drug-likeness (QED) is 0.547. The second-order valence-electron chi connectivity index (χ2n) is 11.0. The highest BCUT2D eigenvalue weighted by Gasteiger charge is 2.26. The van der Waals surface area contributed by atoms with Gasteiger partial charge in [0.05, 0.1) is 0 Å². The molecule has 0 atom stereocenters. The van der Waals surface area contributed by atoms with Crippen molar-refractivity contribution in [3.8, 4) is 11.3 Å². The molecule has 0 radical (unpaired) electrons. The molecule has 3 fully saturated rings. The number of anilines is 1. The summed E-state index contributed by atoms with van der Waals surface area (Å²) in [7, 11) is 4.35. The molecule has 3 aliphatic heterocycles. The number of aromatic nitrogens is 1. The van der Waals surface area contributed by atoms with E-state index in [4.69, 9.17) is 21.0 Å². The first-order chi connectivity index (χ1) is 17.9. The Morgan fingerprint density at radius 3 is 2.24 bits per heavy atom. The van der Waals surface area contributed by atoms with E-state index < -0.39 is 0 Å². The highest BCUT2D eigenvalue weighted by Crippen LogP contribution is 2.30. The van der Waals surface area contributed by atoms with Gasteiger partial charge in [0.1, 0.15) is 11.5 Å². The number of amides is 1. The van der Waals surface area contributed by atoms with Crippen molar-refractivity contribution in [2.45, 2.75) is 25.7 Å². The van der Waals surface area contributed by atoms with Crippen LogP contribution in [0.5, 0.6) is 0 Å². The van der Waals surface area contributed by atoms with Crippen molar-refractivity contribution in [1.29, 1.82) is 0 Å². The topological polar surface area (TPSA) is 59.3 Å². The maximum atomic E-state index is 13.1. The highest BCUT2D eigenvalue weighted by molar-refractivity contribution is 6.30. The molecule has 1 aromatic heterocycles. The van der Waals surface area contributed by atoms with Crippen molar-refractivity contribution in [3.05, 3.63) is 35.0 Å². The number of carbonyl (C=O) groups is 1. The first-order valence-corrected chi connectivity index (χ1v) is 14.2. The summed E-state index contributed by atoms with van der Waals surface area (Å²) in [6, 6.07) is 8.36. The van der Waals surface area contributed by atoms with E-state index in [-0.39, 0.29) is 5.91 Å². The molecule has 2 aromatic rings. The van der Waals surface area contributed by atoms with Crippen LogP contribution < -0.4 is 4.90 Å². The van der Waals surface area contributed by atoms with Crippen LogP contribution >= 0.6 is 11.6 Å². The van der Waals surface area contributed by atoms with Crippen LogP contribution in [0.3, 0.4) is 0 Å². The van der Waals surface area contributed by atoms with Gasteiger partial charge in [-0.2, -0.15) is 4.98 Å². The molecule has 202 valence electrons. The second kappa shape index (κ2) is 12.2. The van der Waals surface area contributed by atoms with E-state index >= 15 is 0 Å². The summed E-state index contributed by atoms with van der Waals surface area (Å²) in [5, 5.41) is 0.693. The predicted molar refractivity (Wildman–Crippen MR) is 148 cm³/mol. The van der Waals surface area contributed by atoms with Crippen LogP contribution in [-0.2, 0) is 11.2 Å². The fraction of sp³-hybridized carbons (Fsp3) is 0.643. The lowest BCUT2D eigenvalue weighted by Gasteiger charge is -2.38. The lowest BCUT2D eigenvalue weighted by Crippen LogP contribution is -2.50. The molecule has 3 aliphatic rings. The van der Waals surface area contributed by atoms with E-state index in [0.29, 0.717) is 23.9 Å². The SMILES string of the molecule is CN1CCC(CN2CCN(C(=O)CCc3oc(N4CCN(C)CC4)nc3-c3ccc(Cl)cc3)CC2)CC1. The maximum absolute atomic E-state index is 13.1. The minimum absolute atomic E-state index is 0.207.